The molecular weight excluding hydrogens is 478 g/mol. The monoisotopic (exact) mass is 513 g/mol. The van der Waals surface area contributed by atoms with E-state index in [1.165, 1.54) is 19.3 Å². The third-order valence-electron chi connectivity index (χ3n) is 6.26. The van der Waals surface area contributed by atoms with Crippen molar-refractivity contribution < 1.29 is 13.2 Å². The minimum atomic E-state index is -3.41. The summed E-state index contributed by atoms with van der Waals surface area (Å²) < 4.78 is 35.3. The molecule has 188 valence electrons. The maximum atomic E-state index is 12.9. The average Bonchev–Trinajstić information content (AvgIpc) is 3.55. The fourth-order valence-corrected chi connectivity index (χ4v) is 6.80. The Bertz CT molecular complexity index is 1250. The van der Waals surface area contributed by atoms with Gasteiger partial charge in [-0.2, -0.15) is 4.31 Å². The molecule has 0 N–H and O–H groups in total. The molecule has 1 aromatic heterocycles. The highest BCUT2D eigenvalue weighted by atomic mass is 32.2. The number of hydrogen-bond acceptors (Lipinski definition) is 5. The van der Waals surface area contributed by atoms with Crippen LogP contribution in [-0.2, 0) is 16.6 Å². The second-order valence-corrected chi connectivity index (χ2v) is 11.6. The predicted octanol–water partition coefficient (Wildman–Crippen LogP) is 6.21. The minimum absolute atomic E-state index is 0.368. The van der Waals surface area contributed by atoms with Crippen LogP contribution in [0, 0.1) is 0 Å². The van der Waals surface area contributed by atoms with Gasteiger partial charge in [-0.25, -0.2) is 13.4 Å². The second kappa shape index (κ2) is 12.0. The highest BCUT2D eigenvalue weighted by Gasteiger charge is 2.27. The summed E-state index contributed by atoms with van der Waals surface area (Å²) in [6, 6.07) is 15.2. The molecule has 0 bridgehead atoms. The molecule has 0 aliphatic carbocycles. The van der Waals surface area contributed by atoms with Crippen molar-refractivity contribution in [2.75, 3.05) is 19.7 Å². The summed E-state index contributed by atoms with van der Waals surface area (Å²) in [6.45, 7) is 6.93. The lowest BCUT2D eigenvalue weighted by Gasteiger charge is -2.16. The van der Waals surface area contributed by atoms with Crippen LogP contribution in [0.25, 0.3) is 11.3 Å². The lowest BCUT2D eigenvalue weighted by Crippen LogP contribution is -2.27. The van der Waals surface area contributed by atoms with Crippen molar-refractivity contribution in [3.63, 3.8) is 0 Å². The van der Waals surface area contributed by atoms with Crippen LogP contribution in [0.5, 0.6) is 5.75 Å². The summed E-state index contributed by atoms with van der Waals surface area (Å²) in [7, 11) is -3.41. The van der Waals surface area contributed by atoms with Gasteiger partial charge in [0.05, 0.1) is 22.9 Å². The molecule has 1 fully saturated rings. The average molecular weight is 514 g/mol. The quantitative estimate of drug-likeness (QED) is 0.286. The maximum Gasteiger partial charge on any atom is 0.243 e. The Labute approximate surface area is 213 Å². The van der Waals surface area contributed by atoms with E-state index in [0.29, 0.717) is 24.6 Å². The zero-order valence-corrected chi connectivity index (χ0v) is 22.3. The van der Waals surface area contributed by atoms with Crippen molar-refractivity contribution in [3.8, 4) is 17.0 Å². The van der Waals surface area contributed by atoms with Crippen molar-refractivity contribution in [1.29, 1.82) is 0 Å². The van der Waals surface area contributed by atoms with Crippen molar-refractivity contribution >= 4 is 27.0 Å². The number of unbranched alkanes of at least 4 members (excludes halogenated alkanes) is 3. The molecule has 3 aromatic rings. The van der Waals surface area contributed by atoms with Crippen LogP contribution in [0.2, 0.25) is 0 Å². The minimum Gasteiger partial charge on any atom is -0.494 e. The van der Waals surface area contributed by atoms with Gasteiger partial charge >= 0.3 is 0 Å². The van der Waals surface area contributed by atoms with Crippen molar-refractivity contribution in [1.82, 2.24) is 8.87 Å². The second-order valence-electron chi connectivity index (χ2n) is 8.79. The largest absolute Gasteiger partial charge is 0.494 e. The standard InChI is InChI=1S/C27H35N3O3S2/c1-3-5-6-7-20-30-26(21-34-27(30)28-23-12-14-24(15-13-23)33-4-2)22-10-16-25(17-11-22)35(31,32)29-18-8-9-19-29/h10-17,21H,3-9,18-20H2,1-2H3. The van der Waals surface area contributed by atoms with E-state index in [0.717, 1.165) is 53.3 Å². The molecule has 6 nitrogen and oxygen atoms in total. The van der Waals surface area contributed by atoms with Gasteiger partial charge in [-0.05, 0) is 68.1 Å². The van der Waals surface area contributed by atoms with Gasteiger partial charge in [0, 0.05) is 25.0 Å². The summed E-state index contributed by atoms with van der Waals surface area (Å²) in [4.78, 5) is 6.23. The van der Waals surface area contributed by atoms with Crippen LogP contribution in [-0.4, -0.2) is 37.0 Å². The first-order valence-corrected chi connectivity index (χ1v) is 14.9. The molecule has 2 heterocycles. The van der Waals surface area contributed by atoms with Gasteiger partial charge in [0.25, 0.3) is 0 Å². The Hall–Kier alpha value is -2.42. The van der Waals surface area contributed by atoms with Crippen LogP contribution in [0.3, 0.4) is 0 Å². The zero-order valence-electron chi connectivity index (χ0n) is 20.7. The number of nitrogens with zero attached hydrogens (tertiary/aromatic N) is 3. The van der Waals surface area contributed by atoms with E-state index in [4.69, 9.17) is 9.73 Å². The van der Waals surface area contributed by atoms with Crippen molar-refractivity contribution in [2.24, 2.45) is 4.99 Å². The van der Waals surface area contributed by atoms with Gasteiger partial charge in [0.1, 0.15) is 5.75 Å². The molecular formula is C27H35N3O3S2. The summed E-state index contributed by atoms with van der Waals surface area (Å²) >= 11 is 1.61. The van der Waals surface area contributed by atoms with Gasteiger partial charge in [0.2, 0.25) is 10.0 Å². The molecule has 2 aromatic carbocycles. The summed E-state index contributed by atoms with van der Waals surface area (Å²) in [6.07, 6.45) is 6.53. The number of sulfonamides is 1. The van der Waals surface area contributed by atoms with Gasteiger partial charge < -0.3 is 9.30 Å². The van der Waals surface area contributed by atoms with Crippen LogP contribution in [0.15, 0.2) is 63.8 Å². The maximum absolute atomic E-state index is 12.9. The lowest BCUT2D eigenvalue weighted by atomic mass is 10.1. The van der Waals surface area contributed by atoms with E-state index < -0.39 is 10.0 Å². The highest BCUT2D eigenvalue weighted by molar-refractivity contribution is 7.89. The Balaban J connectivity index is 1.64. The summed E-state index contributed by atoms with van der Waals surface area (Å²) in [5.74, 6) is 0.842. The molecule has 0 atom stereocenters. The van der Waals surface area contributed by atoms with Crippen LogP contribution < -0.4 is 9.54 Å². The Morgan fingerprint density at radius 1 is 0.943 bits per heavy atom. The van der Waals surface area contributed by atoms with E-state index in [2.05, 4.69) is 16.9 Å². The van der Waals surface area contributed by atoms with E-state index >= 15 is 0 Å². The molecule has 8 heteroatoms. The molecule has 35 heavy (non-hydrogen) atoms. The van der Waals surface area contributed by atoms with Gasteiger partial charge in [-0.15, -0.1) is 11.3 Å². The highest BCUT2D eigenvalue weighted by Crippen LogP contribution is 2.26. The number of ether oxygens (including phenoxy) is 1. The molecule has 1 aliphatic heterocycles. The molecule has 0 spiro atoms. The fraction of sp³-hybridized carbons (Fsp3) is 0.444. The number of thiazole rings is 1. The first-order valence-electron chi connectivity index (χ1n) is 12.6. The smallest absolute Gasteiger partial charge is 0.243 e. The first kappa shape index (κ1) is 25.7. The van der Waals surface area contributed by atoms with Crippen molar-refractivity contribution in [2.45, 2.75) is 63.8 Å². The normalized spacial score (nSPS) is 15.1. The van der Waals surface area contributed by atoms with E-state index in [1.807, 2.05) is 43.3 Å². The Morgan fingerprint density at radius 2 is 1.66 bits per heavy atom. The number of hydrogen-bond donors (Lipinski definition) is 0. The number of aromatic nitrogens is 1. The Morgan fingerprint density at radius 3 is 2.31 bits per heavy atom. The first-order chi connectivity index (χ1) is 17.0. The number of rotatable bonds is 11. The van der Waals surface area contributed by atoms with Crippen molar-refractivity contribution in [3.05, 3.63) is 58.7 Å². The molecule has 0 unspecified atom stereocenters. The van der Waals surface area contributed by atoms with E-state index in [9.17, 15) is 8.42 Å². The van der Waals surface area contributed by atoms with Crippen LogP contribution in [0.1, 0.15) is 52.4 Å². The molecule has 1 saturated heterocycles. The summed E-state index contributed by atoms with van der Waals surface area (Å²) in [5.41, 5.74) is 2.96. The third-order valence-corrected chi connectivity index (χ3v) is 9.03. The summed E-state index contributed by atoms with van der Waals surface area (Å²) in [5, 5.41) is 2.12. The predicted molar refractivity (Wildman–Crippen MR) is 143 cm³/mol. The topological polar surface area (TPSA) is 63.9 Å². The van der Waals surface area contributed by atoms with Gasteiger partial charge in [-0.1, -0.05) is 38.3 Å². The van der Waals surface area contributed by atoms with Crippen LogP contribution in [0.4, 0.5) is 5.69 Å². The third kappa shape index (κ3) is 6.23. The number of benzene rings is 2. The van der Waals surface area contributed by atoms with Gasteiger partial charge in [0.15, 0.2) is 4.80 Å². The van der Waals surface area contributed by atoms with Crippen LogP contribution >= 0.6 is 11.3 Å². The van der Waals surface area contributed by atoms with Gasteiger partial charge in [-0.3, -0.25) is 0 Å². The SMILES string of the molecule is CCCCCCn1c(-c2ccc(S(=O)(=O)N3CCCC3)cc2)csc1=Nc1ccc(OCC)cc1. The lowest BCUT2D eigenvalue weighted by molar-refractivity contribution is 0.340. The van der Waals surface area contributed by atoms with E-state index in [-0.39, 0.29) is 0 Å². The molecule has 4 rings (SSSR count). The zero-order chi connectivity index (χ0) is 24.7. The molecule has 0 saturated carbocycles. The van der Waals surface area contributed by atoms with E-state index in [1.54, 1.807) is 27.8 Å². The molecule has 0 amide bonds. The fourth-order valence-electron chi connectivity index (χ4n) is 4.33. The Kier molecular flexibility index (Phi) is 8.81. The molecule has 0 radical (unpaired) electrons. The molecule has 1 aliphatic rings.